The number of aliphatic hydroxyl groups is 11. The summed E-state index contributed by atoms with van der Waals surface area (Å²) in [6.07, 6.45) is -24.7. The number of hydrogen-bond acceptors (Lipinski definition) is 19. The minimum atomic E-state index is -1.98. The third-order valence-electron chi connectivity index (χ3n) is 8.47. The van der Waals surface area contributed by atoms with Crippen molar-refractivity contribution < 1.29 is 94.1 Å². The van der Waals surface area contributed by atoms with Gasteiger partial charge >= 0.3 is 5.97 Å². The van der Waals surface area contributed by atoms with Gasteiger partial charge in [0.05, 0.1) is 18.8 Å². The van der Waals surface area contributed by atoms with Crippen molar-refractivity contribution in [2.24, 2.45) is 5.92 Å². The highest BCUT2D eigenvalue weighted by atomic mass is 16.8. The zero-order valence-electron chi connectivity index (χ0n) is 24.4. The molecule has 3 fully saturated rings. The molecule has 0 spiro atoms. The highest BCUT2D eigenvalue weighted by Gasteiger charge is 2.55. The van der Waals surface area contributed by atoms with Gasteiger partial charge in [-0.15, -0.1) is 0 Å². The van der Waals surface area contributed by atoms with Gasteiger partial charge in [-0.3, -0.25) is 0 Å². The molecule has 5 rings (SSSR count). The molecule has 5 aliphatic rings. The Kier molecular flexibility index (Phi) is 10.2. The van der Waals surface area contributed by atoms with Crippen LogP contribution in [-0.2, 0) is 38.0 Å². The molecule has 0 saturated carbocycles. The summed E-state index contributed by atoms with van der Waals surface area (Å²) in [5.74, 6) is -5.57. The molecule has 0 aromatic heterocycles. The summed E-state index contributed by atoms with van der Waals surface area (Å²) >= 11 is 0. The second-order valence-corrected chi connectivity index (χ2v) is 11.6. The SMILES string of the molecule is C[C@@H]1O[C@@H](O[C@H]2[C@@H](OC3=C(O)[C@@H]4C(O)=CC(O)=C[C@@H]4OC3=O)O[C@H](CO)[C@H](O)[C@@H]2O[C@@H]2O[C@@H](C)[C@H](O)[C@@H](O)[C@H]2O)[C@H](O)[C@H](O)[C@H]1O. The molecule has 0 aromatic carbocycles. The fourth-order valence-corrected chi connectivity index (χ4v) is 5.77. The third kappa shape index (κ3) is 6.31. The molecular formula is C27H38O19. The molecule has 0 unspecified atom stereocenters. The van der Waals surface area contributed by atoms with E-state index in [0.29, 0.717) is 0 Å². The zero-order valence-corrected chi connectivity index (χ0v) is 24.4. The van der Waals surface area contributed by atoms with Gasteiger partial charge in [-0.1, -0.05) is 0 Å². The van der Waals surface area contributed by atoms with Crippen LogP contribution in [-0.4, -0.2) is 167 Å². The first-order chi connectivity index (χ1) is 21.6. The molecule has 11 N–H and O–H groups in total. The first-order valence-corrected chi connectivity index (χ1v) is 14.4. The normalized spacial score (nSPS) is 48.2. The lowest BCUT2D eigenvalue weighted by molar-refractivity contribution is -0.386. The molecule has 46 heavy (non-hydrogen) atoms. The summed E-state index contributed by atoms with van der Waals surface area (Å²) in [6.45, 7) is 1.80. The van der Waals surface area contributed by atoms with E-state index in [4.69, 9.17) is 33.2 Å². The van der Waals surface area contributed by atoms with Crippen molar-refractivity contribution in [3.05, 3.63) is 35.2 Å². The minimum absolute atomic E-state index is 0.445. The summed E-state index contributed by atoms with van der Waals surface area (Å²) in [5, 5.41) is 114. The Labute approximate surface area is 260 Å². The number of carbonyl (C=O) groups excluding carboxylic acids is 1. The van der Waals surface area contributed by atoms with E-state index in [9.17, 15) is 61.0 Å². The molecule has 0 amide bonds. The van der Waals surface area contributed by atoms with E-state index in [0.717, 1.165) is 12.2 Å². The van der Waals surface area contributed by atoms with Gasteiger partial charge in [0.15, 0.2) is 24.4 Å². The summed E-state index contributed by atoms with van der Waals surface area (Å²) in [7, 11) is 0. The minimum Gasteiger partial charge on any atom is -0.511 e. The van der Waals surface area contributed by atoms with Crippen LogP contribution < -0.4 is 0 Å². The van der Waals surface area contributed by atoms with Crippen LogP contribution >= 0.6 is 0 Å². The smallest absolute Gasteiger partial charge is 0.377 e. The number of fused-ring (bicyclic) bond motifs is 1. The highest BCUT2D eigenvalue weighted by Crippen LogP contribution is 2.39. The summed E-state index contributed by atoms with van der Waals surface area (Å²) in [6, 6.07) is 0. The zero-order chi connectivity index (χ0) is 33.8. The molecule has 260 valence electrons. The van der Waals surface area contributed by atoms with E-state index in [2.05, 4.69) is 0 Å². The monoisotopic (exact) mass is 666 g/mol. The van der Waals surface area contributed by atoms with Crippen molar-refractivity contribution in [2.45, 2.75) is 112 Å². The van der Waals surface area contributed by atoms with Crippen molar-refractivity contribution in [1.29, 1.82) is 0 Å². The van der Waals surface area contributed by atoms with E-state index < -0.39 is 140 Å². The Morgan fingerprint density at radius 3 is 1.80 bits per heavy atom. The lowest BCUT2D eigenvalue weighted by atomic mass is 9.90. The number of hydrogen-bond donors (Lipinski definition) is 11. The first kappa shape index (κ1) is 34.7. The Balaban J connectivity index is 1.51. The maximum Gasteiger partial charge on any atom is 0.377 e. The van der Waals surface area contributed by atoms with Gasteiger partial charge in [0.1, 0.15) is 78.5 Å². The molecule has 4 aliphatic heterocycles. The number of carbonyl (C=O) groups is 1. The lowest BCUT2D eigenvalue weighted by Crippen LogP contribution is -2.66. The molecule has 0 radical (unpaired) electrons. The van der Waals surface area contributed by atoms with Crippen LogP contribution in [0.1, 0.15) is 13.8 Å². The molecule has 0 aromatic rings. The van der Waals surface area contributed by atoms with E-state index in [1.165, 1.54) is 13.8 Å². The van der Waals surface area contributed by atoms with Crippen LogP contribution in [0.5, 0.6) is 0 Å². The van der Waals surface area contributed by atoms with Crippen LogP contribution in [0.2, 0.25) is 0 Å². The number of rotatable bonds is 7. The number of aliphatic hydroxyl groups excluding tert-OH is 11. The predicted octanol–water partition coefficient (Wildman–Crippen LogP) is -4.28. The molecule has 0 bridgehead atoms. The van der Waals surface area contributed by atoms with Crippen molar-refractivity contribution in [3.63, 3.8) is 0 Å². The molecule has 3 saturated heterocycles. The van der Waals surface area contributed by atoms with Crippen molar-refractivity contribution >= 4 is 5.97 Å². The van der Waals surface area contributed by atoms with Crippen LogP contribution in [0.25, 0.3) is 0 Å². The number of esters is 1. The van der Waals surface area contributed by atoms with Crippen molar-refractivity contribution in [3.8, 4) is 0 Å². The fraction of sp³-hybridized carbons (Fsp3) is 0.741. The average Bonchev–Trinajstić information content (AvgIpc) is 3.00. The van der Waals surface area contributed by atoms with Crippen LogP contribution in [0, 0.1) is 5.92 Å². The topological polar surface area (TPSA) is 304 Å². The summed E-state index contributed by atoms with van der Waals surface area (Å²) in [4.78, 5) is 12.9. The molecule has 19 nitrogen and oxygen atoms in total. The number of ether oxygens (including phenoxy) is 7. The number of allylic oxidation sites excluding steroid dienone is 1. The quantitative estimate of drug-likeness (QED) is 0.115. The van der Waals surface area contributed by atoms with Crippen LogP contribution in [0.3, 0.4) is 0 Å². The van der Waals surface area contributed by atoms with Crippen molar-refractivity contribution in [1.82, 2.24) is 0 Å². The Morgan fingerprint density at radius 2 is 1.26 bits per heavy atom. The van der Waals surface area contributed by atoms with Crippen LogP contribution in [0.4, 0.5) is 0 Å². The van der Waals surface area contributed by atoms with E-state index in [1.54, 1.807) is 0 Å². The van der Waals surface area contributed by atoms with Crippen molar-refractivity contribution in [2.75, 3.05) is 6.61 Å². The molecule has 4 heterocycles. The van der Waals surface area contributed by atoms with Gasteiger partial charge in [-0.2, -0.15) is 0 Å². The Bertz CT molecular complexity index is 1220. The molecule has 1 aliphatic carbocycles. The third-order valence-corrected chi connectivity index (χ3v) is 8.47. The molecular weight excluding hydrogens is 628 g/mol. The van der Waals surface area contributed by atoms with Crippen LogP contribution in [0.15, 0.2) is 35.2 Å². The van der Waals surface area contributed by atoms with Gasteiger partial charge in [-0.25, -0.2) is 4.79 Å². The summed E-state index contributed by atoms with van der Waals surface area (Å²) < 4.78 is 39.2. The van der Waals surface area contributed by atoms with Gasteiger partial charge in [0.2, 0.25) is 12.0 Å². The molecule has 19 heteroatoms. The van der Waals surface area contributed by atoms with E-state index in [1.807, 2.05) is 0 Å². The largest absolute Gasteiger partial charge is 0.511 e. The Hall–Kier alpha value is -2.63. The second-order valence-electron chi connectivity index (χ2n) is 11.6. The Morgan fingerprint density at radius 1 is 0.717 bits per heavy atom. The maximum absolute atomic E-state index is 12.9. The average molecular weight is 667 g/mol. The van der Waals surface area contributed by atoms with E-state index >= 15 is 0 Å². The maximum atomic E-state index is 12.9. The first-order valence-electron chi connectivity index (χ1n) is 14.4. The van der Waals surface area contributed by atoms with Gasteiger partial charge in [-0.05, 0) is 19.9 Å². The van der Waals surface area contributed by atoms with Gasteiger partial charge < -0.3 is 89.3 Å². The standard InChI is InChI=1S/C27H38O19/c1-6-13(31)17(35)19(37)25(40-6)44-21-15(33)11(5-28)43-27(23(21)46-26-20(38)18(36)14(32)7(2)41-26)45-22-16(34)12-9(30)3-8(29)4-10(12)42-24(22)39/h3-4,6-7,10-15,17-21,23,25-38H,5H2,1-2H3/t6-,7-,10-,11+,12+,13-,14-,15-,17+,18+,19+,20+,21-,23+,25-,26-,27+/m0/s1. The summed E-state index contributed by atoms with van der Waals surface area (Å²) in [5.41, 5.74) is 0. The highest BCUT2D eigenvalue weighted by molar-refractivity contribution is 5.88. The molecule has 17 atom stereocenters. The van der Waals surface area contributed by atoms with Gasteiger partial charge in [0.25, 0.3) is 0 Å². The predicted molar refractivity (Wildman–Crippen MR) is 142 cm³/mol. The van der Waals surface area contributed by atoms with Gasteiger partial charge in [0, 0.05) is 6.08 Å². The van der Waals surface area contributed by atoms with E-state index in [-0.39, 0.29) is 0 Å². The fourth-order valence-electron chi connectivity index (χ4n) is 5.77. The lowest BCUT2D eigenvalue weighted by Gasteiger charge is -2.48. The second kappa shape index (κ2) is 13.5.